The maximum atomic E-state index is 12.9. The van der Waals surface area contributed by atoms with E-state index in [1.54, 1.807) is 12.3 Å². The SMILES string of the molecule is Cc1cccc2cnc(C3CCN(C(=O)c4ccnc(N(C)C)c4)CC3)cc12. The third kappa shape index (κ3) is 3.57. The molecule has 0 spiro atoms. The number of carbonyl (C=O) groups is 1. The minimum absolute atomic E-state index is 0.0891. The van der Waals surface area contributed by atoms with Gasteiger partial charge in [-0.15, -0.1) is 0 Å². The molecule has 3 heterocycles. The summed E-state index contributed by atoms with van der Waals surface area (Å²) in [6, 6.07) is 12.2. The molecule has 0 unspecified atom stereocenters. The van der Waals surface area contributed by atoms with E-state index >= 15 is 0 Å². The molecule has 0 N–H and O–H groups in total. The van der Waals surface area contributed by atoms with E-state index < -0.39 is 0 Å². The van der Waals surface area contributed by atoms with Crippen LogP contribution in [0.1, 0.15) is 40.4 Å². The van der Waals surface area contributed by atoms with E-state index in [9.17, 15) is 4.79 Å². The smallest absolute Gasteiger partial charge is 0.254 e. The Morgan fingerprint density at radius 2 is 1.89 bits per heavy atom. The molecule has 1 aromatic carbocycles. The minimum Gasteiger partial charge on any atom is -0.363 e. The number of hydrogen-bond acceptors (Lipinski definition) is 4. The molecule has 4 rings (SSSR count). The predicted octanol–water partition coefficient (Wildman–Crippen LogP) is 4.02. The van der Waals surface area contributed by atoms with Crippen molar-refractivity contribution in [2.24, 2.45) is 0 Å². The molecule has 28 heavy (non-hydrogen) atoms. The van der Waals surface area contributed by atoms with E-state index in [0.29, 0.717) is 11.5 Å². The van der Waals surface area contributed by atoms with Gasteiger partial charge in [0.25, 0.3) is 5.91 Å². The van der Waals surface area contributed by atoms with Gasteiger partial charge in [0.1, 0.15) is 5.82 Å². The highest BCUT2D eigenvalue weighted by atomic mass is 16.2. The van der Waals surface area contributed by atoms with Gasteiger partial charge in [0.2, 0.25) is 0 Å². The van der Waals surface area contributed by atoms with Crippen molar-refractivity contribution in [3.05, 3.63) is 65.6 Å². The van der Waals surface area contributed by atoms with Crippen LogP contribution in [0.4, 0.5) is 5.82 Å². The van der Waals surface area contributed by atoms with Crippen molar-refractivity contribution in [2.45, 2.75) is 25.7 Å². The van der Waals surface area contributed by atoms with E-state index in [4.69, 9.17) is 4.98 Å². The van der Waals surface area contributed by atoms with Gasteiger partial charge >= 0.3 is 0 Å². The maximum Gasteiger partial charge on any atom is 0.254 e. The number of anilines is 1. The van der Waals surface area contributed by atoms with E-state index in [-0.39, 0.29) is 5.91 Å². The summed E-state index contributed by atoms with van der Waals surface area (Å²) in [5.41, 5.74) is 3.13. The number of aryl methyl sites for hydroxylation is 1. The highest BCUT2D eigenvalue weighted by Crippen LogP contribution is 2.30. The average molecular weight is 374 g/mol. The number of amides is 1. The van der Waals surface area contributed by atoms with Gasteiger partial charge in [-0.1, -0.05) is 18.2 Å². The van der Waals surface area contributed by atoms with Crippen molar-refractivity contribution in [1.82, 2.24) is 14.9 Å². The van der Waals surface area contributed by atoms with Gasteiger partial charge in [-0.25, -0.2) is 4.98 Å². The molecule has 0 bridgehead atoms. The van der Waals surface area contributed by atoms with Crippen molar-refractivity contribution < 1.29 is 4.79 Å². The molecule has 0 aliphatic carbocycles. The van der Waals surface area contributed by atoms with Gasteiger partial charge in [-0.05, 0) is 48.9 Å². The number of carbonyl (C=O) groups excluding carboxylic acids is 1. The van der Waals surface area contributed by atoms with Crippen molar-refractivity contribution in [2.75, 3.05) is 32.1 Å². The number of piperidine rings is 1. The Labute approximate surface area is 166 Å². The van der Waals surface area contributed by atoms with Crippen molar-refractivity contribution in [3.63, 3.8) is 0 Å². The Bertz CT molecular complexity index is 1010. The maximum absolute atomic E-state index is 12.9. The highest BCUT2D eigenvalue weighted by Gasteiger charge is 2.25. The topological polar surface area (TPSA) is 49.3 Å². The fourth-order valence-corrected chi connectivity index (χ4v) is 3.92. The Morgan fingerprint density at radius 3 is 2.64 bits per heavy atom. The van der Waals surface area contributed by atoms with Gasteiger partial charge in [-0.3, -0.25) is 9.78 Å². The lowest BCUT2D eigenvalue weighted by molar-refractivity contribution is 0.0712. The Morgan fingerprint density at radius 1 is 1.11 bits per heavy atom. The molecule has 1 fully saturated rings. The first kappa shape index (κ1) is 18.4. The minimum atomic E-state index is 0.0891. The molecule has 144 valence electrons. The zero-order chi connectivity index (χ0) is 19.7. The molecule has 3 aromatic rings. The van der Waals surface area contributed by atoms with Gasteiger partial charge in [-0.2, -0.15) is 0 Å². The fourth-order valence-electron chi connectivity index (χ4n) is 3.92. The zero-order valence-corrected chi connectivity index (χ0v) is 16.7. The lowest BCUT2D eigenvalue weighted by Crippen LogP contribution is -2.38. The number of hydrogen-bond donors (Lipinski definition) is 0. The van der Waals surface area contributed by atoms with Crippen molar-refractivity contribution in [3.8, 4) is 0 Å². The third-order valence-corrected chi connectivity index (χ3v) is 5.65. The van der Waals surface area contributed by atoms with Crippen molar-refractivity contribution >= 4 is 22.5 Å². The summed E-state index contributed by atoms with van der Waals surface area (Å²) >= 11 is 0. The number of likely N-dealkylation sites (tertiary alicyclic amines) is 1. The highest BCUT2D eigenvalue weighted by molar-refractivity contribution is 5.95. The summed E-state index contributed by atoms with van der Waals surface area (Å²) in [4.78, 5) is 25.8. The first-order chi connectivity index (χ1) is 13.5. The van der Waals surface area contributed by atoms with E-state index in [0.717, 1.165) is 37.4 Å². The summed E-state index contributed by atoms with van der Waals surface area (Å²) < 4.78 is 0. The largest absolute Gasteiger partial charge is 0.363 e. The number of fused-ring (bicyclic) bond motifs is 1. The number of rotatable bonds is 3. The lowest BCUT2D eigenvalue weighted by atomic mass is 9.91. The van der Waals surface area contributed by atoms with Crippen LogP contribution in [0.2, 0.25) is 0 Å². The molecule has 1 amide bonds. The quantitative estimate of drug-likeness (QED) is 0.695. The Balaban J connectivity index is 1.47. The monoisotopic (exact) mass is 374 g/mol. The fraction of sp³-hybridized carbons (Fsp3) is 0.348. The van der Waals surface area contributed by atoms with Crippen LogP contribution >= 0.6 is 0 Å². The average Bonchev–Trinajstić information content (AvgIpc) is 2.73. The molecule has 2 aromatic heterocycles. The van der Waals surface area contributed by atoms with Crippen LogP contribution < -0.4 is 4.90 Å². The molecular formula is C23H26N4O. The molecule has 1 saturated heterocycles. The second-order valence-corrected chi connectivity index (χ2v) is 7.77. The predicted molar refractivity (Wildman–Crippen MR) is 113 cm³/mol. The van der Waals surface area contributed by atoms with Gasteiger partial charge in [0.15, 0.2) is 0 Å². The first-order valence-electron chi connectivity index (χ1n) is 9.81. The van der Waals surface area contributed by atoms with Crippen LogP contribution in [0.25, 0.3) is 10.8 Å². The molecule has 0 saturated carbocycles. The van der Waals surface area contributed by atoms with Crippen molar-refractivity contribution in [1.29, 1.82) is 0 Å². The Kier molecular flexibility index (Phi) is 4.99. The molecule has 0 atom stereocenters. The van der Waals surface area contributed by atoms with Crippen LogP contribution in [0.5, 0.6) is 0 Å². The second-order valence-electron chi connectivity index (χ2n) is 7.77. The van der Waals surface area contributed by atoms with E-state index in [1.165, 1.54) is 16.3 Å². The third-order valence-electron chi connectivity index (χ3n) is 5.65. The molecule has 1 aliphatic heterocycles. The molecular weight excluding hydrogens is 348 g/mol. The van der Waals surface area contributed by atoms with E-state index in [2.05, 4.69) is 36.2 Å². The van der Waals surface area contributed by atoms with Gasteiger partial charge in [0.05, 0.1) is 0 Å². The number of aromatic nitrogens is 2. The Hall–Kier alpha value is -2.95. The molecule has 1 aliphatic rings. The van der Waals surface area contributed by atoms with Crippen LogP contribution in [-0.2, 0) is 0 Å². The van der Waals surface area contributed by atoms with Gasteiger partial charge < -0.3 is 9.80 Å². The summed E-state index contributed by atoms with van der Waals surface area (Å²) in [5.74, 6) is 1.30. The summed E-state index contributed by atoms with van der Waals surface area (Å²) in [6.07, 6.45) is 5.58. The number of pyridine rings is 2. The van der Waals surface area contributed by atoms with E-state index in [1.807, 2.05) is 36.2 Å². The second kappa shape index (κ2) is 7.58. The standard InChI is InChI=1S/C23H26N4O/c1-16-5-4-6-19-15-25-21(14-20(16)19)17-8-11-27(12-9-17)23(28)18-7-10-24-22(13-18)26(2)3/h4-7,10,13-15,17H,8-9,11-12H2,1-3H3. The lowest BCUT2D eigenvalue weighted by Gasteiger charge is -2.32. The zero-order valence-electron chi connectivity index (χ0n) is 16.7. The summed E-state index contributed by atoms with van der Waals surface area (Å²) in [6.45, 7) is 3.66. The normalized spacial score (nSPS) is 15.0. The summed E-state index contributed by atoms with van der Waals surface area (Å²) in [7, 11) is 3.86. The van der Waals surface area contributed by atoms with Crippen LogP contribution in [-0.4, -0.2) is 48.0 Å². The first-order valence-corrected chi connectivity index (χ1v) is 9.81. The molecule has 5 heteroatoms. The van der Waals surface area contributed by atoms with Crippen LogP contribution in [0.15, 0.2) is 48.8 Å². The van der Waals surface area contributed by atoms with Gasteiger partial charge in [0, 0.05) is 62.1 Å². The molecule has 0 radical (unpaired) electrons. The summed E-state index contributed by atoms with van der Waals surface area (Å²) in [5, 5.41) is 2.46. The number of benzene rings is 1. The molecule has 5 nitrogen and oxygen atoms in total. The van der Waals surface area contributed by atoms with Crippen LogP contribution in [0.3, 0.4) is 0 Å². The number of nitrogens with zero attached hydrogens (tertiary/aromatic N) is 4. The van der Waals surface area contributed by atoms with Crippen LogP contribution in [0, 0.1) is 6.92 Å².